The quantitative estimate of drug-likeness (QED) is 0.285. The van der Waals surface area contributed by atoms with Crippen molar-refractivity contribution < 1.29 is 4.92 Å². The van der Waals surface area contributed by atoms with Crippen molar-refractivity contribution >= 4 is 51.0 Å². The van der Waals surface area contributed by atoms with Crippen LogP contribution in [0.5, 0.6) is 0 Å². The lowest BCUT2D eigenvalue weighted by Crippen LogP contribution is -1.97. The molecule has 0 aliphatic carbocycles. The van der Waals surface area contributed by atoms with Gasteiger partial charge in [-0.1, -0.05) is 11.6 Å². The highest BCUT2D eigenvalue weighted by atomic mass is 127. The molecule has 3 aromatic rings. The Morgan fingerprint density at radius 1 is 1.30 bits per heavy atom. The molecule has 3 heterocycles. The first kappa shape index (κ1) is 13.2. The molecule has 0 atom stereocenters. The van der Waals surface area contributed by atoms with Crippen LogP contribution in [-0.2, 0) is 0 Å². The Labute approximate surface area is 130 Å². The van der Waals surface area contributed by atoms with Gasteiger partial charge in [0, 0.05) is 15.8 Å². The van der Waals surface area contributed by atoms with E-state index in [1.165, 1.54) is 18.6 Å². The Bertz CT molecular complexity index is 818. The highest BCUT2D eigenvalue weighted by Gasteiger charge is 2.15. The van der Waals surface area contributed by atoms with Crippen molar-refractivity contribution in [3.63, 3.8) is 0 Å². The number of hydrogen-bond acceptors (Lipinski definition) is 5. The van der Waals surface area contributed by atoms with Crippen LogP contribution in [0.2, 0.25) is 5.15 Å². The number of pyridine rings is 1. The molecule has 0 aliphatic rings. The Balaban J connectivity index is 2.20. The van der Waals surface area contributed by atoms with Crippen molar-refractivity contribution in [2.75, 3.05) is 0 Å². The molecule has 0 aromatic carbocycles. The van der Waals surface area contributed by atoms with Gasteiger partial charge in [-0.3, -0.25) is 4.57 Å². The van der Waals surface area contributed by atoms with Crippen LogP contribution in [-0.4, -0.2) is 24.4 Å². The molecular weight excluding hydrogens is 397 g/mol. The molecule has 0 amide bonds. The van der Waals surface area contributed by atoms with Crippen LogP contribution in [0.25, 0.3) is 16.7 Å². The standard InChI is InChI=1S/C11H5ClIN5O2/c12-10-9-7(13)4-17(11(9)16-5-15-10)6-1-2-8(14-3-6)18(19)20/h1-5H. The van der Waals surface area contributed by atoms with Crippen LogP contribution in [0, 0.1) is 13.7 Å². The summed E-state index contributed by atoms with van der Waals surface area (Å²) in [5.74, 6) is -0.201. The van der Waals surface area contributed by atoms with Crippen molar-refractivity contribution in [3.05, 3.63) is 49.7 Å². The summed E-state index contributed by atoms with van der Waals surface area (Å²) in [5.41, 5.74) is 1.29. The van der Waals surface area contributed by atoms with Crippen molar-refractivity contribution in [2.24, 2.45) is 0 Å². The topological polar surface area (TPSA) is 86.7 Å². The SMILES string of the molecule is O=[N+]([O-])c1ccc(-n2cc(I)c3c(Cl)ncnc32)cn1. The number of rotatable bonds is 2. The Hall–Kier alpha value is -1.81. The van der Waals surface area contributed by atoms with Gasteiger partial charge in [0.15, 0.2) is 11.8 Å². The summed E-state index contributed by atoms with van der Waals surface area (Å²) in [6, 6.07) is 2.95. The molecular formula is C11H5ClIN5O2. The van der Waals surface area contributed by atoms with Crippen LogP contribution < -0.4 is 0 Å². The minimum absolute atomic E-state index is 0.201. The zero-order valence-electron chi connectivity index (χ0n) is 9.70. The lowest BCUT2D eigenvalue weighted by molar-refractivity contribution is -0.389. The van der Waals surface area contributed by atoms with Gasteiger partial charge in [-0.2, -0.15) is 0 Å². The average Bonchev–Trinajstić information content (AvgIpc) is 2.77. The van der Waals surface area contributed by atoms with E-state index in [9.17, 15) is 10.1 Å². The monoisotopic (exact) mass is 401 g/mol. The zero-order chi connectivity index (χ0) is 14.3. The summed E-state index contributed by atoms with van der Waals surface area (Å²) in [5, 5.41) is 11.7. The molecule has 9 heteroatoms. The van der Waals surface area contributed by atoms with E-state index in [2.05, 4.69) is 37.5 Å². The molecule has 0 saturated heterocycles. The van der Waals surface area contributed by atoms with Gasteiger partial charge in [0.2, 0.25) is 0 Å². The zero-order valence-corrected chi connectivity index (χ0v) is 12.6. The van der Waals surface area contributed by atoms with Crippen LogP contribution >= 0.6 is 34.2 Å². The number of fused-ring (bicyclic) bond motifs is 1. The fourth-order valence-electron chi connectivity index (χ4n) is 1.81. The van der Waals surface area contributed by atoms with Gasteiger partial charge in [-0.05, 0) is 38.6 Å². The van der Waals surface area contributed by atoms with E-state index in [1.54, 1.807) is 10.6 Å². The molecule has 0 saturated carbocycles. The van der Waals surface area contributed by atoms with E-state index >= 15 is 0 Å². The molecule has 0 aliphatic heterocycles. The third-order valence-electron chi connectivity index (χ3n) is 2.69. The van der Waals surface area contributed by atoms with Crippen molar-refractivity contribution in [2.45, 2.75) is 0 Å². The smallest absolute Gasteiger partial charge is 0.358 e. The third-order valence-corrected chi connectivity index (χ3v) is 3.79. The van der Waals surface area contributed by atoms with Crippen molar-refractivity contribution in [1.29, 1.82) is 0 Å². The Morgan fingerprint density at radius 2 is 2.10 bits per heavy atom. The van der Waals surface area contributed by atoms with E-state index in [-0.39, 0.29) is 5.82 Å². The summed E-state index contributed by atoms with van der Waals surface area (Å²) < 4.78 is 2.66. The summed E-state index contributed by atoms with van der Waals surface area (Å²) in [7, 11) is 0. The molecule has 3 aromatic heterocycles. The summed E-state index contributed by atoms with van der Waals surface area (Å²) >= 11 is 8.19. The summed E-state index contributed by atoms with van der Waals surface area (Å²) in [4.78, 5) is 22.0. The van der Waals surface area contributed by atoms with Crippen LogP contribution in [0.4, 0.5) is 5.82 Å². The Kier molecular flexibility index (Phi) is 3.26. The van der Waals surface area contributed by atoms with Crippen molar-refractivity contribution in [3.8, 4) is 5.69 Å². The summed E-state index contributed by atoms with van der Waals surface area (Å²) in [6.45, 7) is 0. The van der Waals surface area contributed by atoms with E-state index in [1.807, 2.05) is 6.20 Å². The Morgan fingerprint density at radius 3 is 2.75 bits per heavy atom. The highest BCUT2D eigenvalue weighted by molar-refractivity contribution is 14.1. The van der Waals surface area contributed by atoms with E-state index < -0.39 is 4.92 Å². The van der Waals surface area contributed by atoms with Gasteiger partial charge < -0.3 is 10.1 Å². The van der Waals surface area contributed by atoms with Gasteiger partial charge in [-0.15, -0.1) is 0 Å². The second-order valence-corrected chi connectivity index (χ2v) is 5.36. The number of halogens is 2. The molecule has 0 fully saturated rings. The maximum Gasteiger partial charge on any atom is 0.363 e. The molecule has 3 rings (SSSR count). The molecule has 0 bridgehead atoms. The maximum absolute atomic E-state index is 10.6. The van der Waals surface area contributed by atoms with E-state index in [4.69, 9.17) is 11.6 Å². The summed E-state index contributed by atoms with van der Waals surface area (Å²) in [6.07, 6.45) is 4.62. The first-order valence-electron chi connectivity index (χ1n) is 5.36. The molecule has 0 N–H and O–H groups in total. The van der Waals surface area contributed by atoms with Crippen LogP contribution in [0.15, 0.2) is 30.9 Å². The van der Waals surface area contributed by atoms with Crippen molar-refractivity contribution in [1.82, 2.24) is 19.5 Å². The van der Waals surface area contributed by atoms with E-state index in [0.29, 0.717) is 16.5 Å². The number of aromatic nitrogens is 4. The first-order valence-corrected chi connectivity index (χ1v) is 6.81. The van der Waals surface area contributed by atoms with Gasteiger partial charge in [-0.25, -0.2) is 9.97 Å². The van der Waals surface area contributed by atoms with Gasteiger partial charge in [0.05, 0.1) is 11.1 Å². The maximum atomic E-state index is 10.6. The minimum Gasteiger partial charge on any atom is -0.358 e. The van der Waals surface area contributed by atoms with Crippen LogP contribution in [0.1, 0.15) is 0 Å². The molecule has 7 nitrogen and oxygen atoms in total. The lowest BCUT2D eigenvalue weighted by Gasteiger charge is -2.02. The fraction of sp³-hybridized carbons (Fsp3) is 0. The highest BCUT2D eigenvalue weighted by Crippen LogP contribution is 2.28. The number of hydrogen-bond donors (Lipinski definition) is 0. The van der Waals surface area contributed by atoms with Crippen LogP contribution in [0.3, 0.4) is 0 Å². The molecule has 0 unspecified atom stereocenters. The second-order valence-electron chi connectivity index (χ2n) is 3.84. The largest absolute Gasteiger partial charge is 0.363 e. The molecule has 0 spiro atoms. The van der Waals surface area contributed by atoms with Gasteiger partial charge in [0.25, 0.3) is 0 Å². The lowest BCUT2D eigenvalue weighted by atomic mass is 10.4. The predicted octanol–water partition coefficient (Wildman–Crippen LogP) is 2.98. The fourth-order valence-corrected chi connectivity index (χ4v) is 2.97. The molecule has 100 valence electrons. The molecule has 0 radical (unpaired) electrons. The van der Waals surface area contributed by atoms with Gasteiger partial charge >= 0.3 is 5.82 Å². The number of nitrogens with zero attached hydrogens (tertiary/aromatic N) is 5. The minimum atomic E-state index is -0.541. The predicted molar refractivity (Wildman–Crippen MR) is 81.0 cm³/mol. The number of nitro groups is 1. The average molecular weight is 402 g/mol. The molecule has 20 heavy (non-hydrogen) atoms. The first-order chi connectivity index (χ1) is 9.58. The van der Waals surface area contributed by atoms with Gasteiger partial charge in [0.1, 0.15) is 11.5 Å². The second kappa shape index (κ2) is 4.94. The normalized spacial score (nSPS) is 10.9. The third kappa shape index (κ3) is 2.10. The van der Waals surface area contributed by atoms with E-state index in [0.717, 1.165) is 8.96 Å².